The van der Waals surface area contributed by atoms with Crippen LogP contribution in [-0.2, 0) is 0 Å². The SMILES string of the molecule is CCCOc1cccc(NC(=S)NC2CCCCC2)c1. The topological polar surface area (TPSA) is 33.3 Å². The highest BCUT2D eigenvalue weighted by molar-refractivity contribution is 7.80. The fourth-order valence-electron chi connectivity index (χ4n) is 2.48. The van der Waals surface area contributed by atoms with Crippen LogP contribution in [0.5, 0.6) is 5.75 Å². The van der Waals surface area contributed by atoms with Crippen molar-refractivity contribution in [3.05, 3.63) is 24.3 Å². The molecule has 1 saturated carbocycles. The third-order valence-electron chi connectivity index (χ3n) is 3.51. The predicted octanol–water partition coefficient (Wildman–Crippen LogP) is 4.09. The molecule has 0 bridgehead atoms. The Hall–Kier alpha value is -1.29. The van der Waals surface area contributed by atoms with Crippen LogP contribution >= 0.6 is 12.2 Å². The zero-order valence-electron chi connectivity index (χ0n) is 12.2. The number of ether oxygens (including phenoxy) is 1. The van der Waals surface area contributed by atoms with Crippen LogP contribution in [-0.4, -0.2) is 17.8 Å². The maximum Gasteiger partial charge on any atom is 0.170 e. The number of hydrogen-bond donors (Lipinski definition) is 2. The second-order valence-corrected chi connectivity index (χ2v) is 5.72. The molecule has 0 radical (unpaired) electrons. The molecule has 4 heteroatoms. The first-order valence-electron chi connectivity index (χ1n) is 7.58. The molecule has 1 fully saturated rings. The number of nitrogens with one attached hydrogen (secondary N) is 2. The maximum atomic E-state index is 5.62. The zero-order valence-corrected chi connectivity index (χ0v) is 13.0. The van der Waals surface area contributed by atoms with Gasteiger partial charge in [0.25, 0.3) is 0 Å². The Balaban J connectivity index is 1.83. The molecule has 110 valence electrons. The van der Waals surface area contributed by atoms with Gasteiger partial charge in [0.15, 0.2) is 5.11 Å². The minimum atomic E-state index is 0.531. The van der Waals surface area contributed by atoms with E-state index in [2.05, 4.69) is 17.6 Å². The average molecular weight is 292 g/mol. The summed E-state index contributed by atoms with van der Waals surface area (Å²) < 4.78 is 5.62. The molecule has 0 spiro atoms. The van der Waals surface area contributed by atoms with Gasteiger partial charge in [-0.25, -0.2) is 0 Å². The smallest absolute Gasteiger partial charge is 0.170 e. The quantitative estimate of drug-likeness (QED) is 0.801. The number of rotatable bonds is 5. The van der Waals surface area contributed by atoms with Gasteiger partial charge < -0.3 is 15.4 Å². The lowest BCUT2D eigenvalue weighted by Crippen LogP contribution is -2.38. The van der Waals surface area contributed by atoms with Gasteiger partial charge in [0.2, 0.25) is 0 Å². The van der Waals surface area contributed by atoms with Crippen molar-refractivity contribution in [3.8, 4) is 5.75 Å². The molecule has 2 N–H and O–H groups in total. The Kier molecular flexibility index (Phi) is 6.12. The van der Waals surface area contributed by atoms with Gasteiger partial charge in [0, 0.05) is 17.8 Å². The van der Waals surface area contributed by atoms with E-state index in [4.69, 9.17) is 17.0 Å². The number of thiocarbonyl (C=S) groups is 1. The van der Waals surface area contributed by atoms with E-state index in [1.54, 1.807) is 0 Å². The predicted molar refractivity (Wildman–Crippen MR) is 88.5 cm³/mol. The summed E-state index contributed by atoms with van der Waals surface area (Å²) in [6.45, 7) is 2.85. The number of anilines is 1. The molecule has 2 rings (SSSR count). The summed E-state index contributed by atoms with van der Waals surface area (Å²) in [6.07, 6.45) is 7.43. The van der Waals surface area contributed by atoms with E-state index in [9.17, 15) is 0 Å². The summed E-state index contributed by atoms with van der Waals surface area (Å²) in [5, 5.41) is 7.37. The molecule has 3 nitrogen and oxygen atoms in total. The summed E-state index contributed by atoms with van der Waals surface area (Å²) in [5.74, 6) is 0.886. The van der Waals surface area contributed by atoms with E-state index in [1.165, 1.54) is 32.1 Å². The van der Waals surface area contributed by atoms with E-state index < -0.39 is 0 Å². The van der Waals surface area contributed by atoms with Crippen molar-refractivity contribution in [1.29, 1.82) is 0 Å². The Morgan fingerprint density at radius 3 is 2.85 bits per heavy atom. The molecular weight excluding hydrogens is 268 g/mol. The molecule has 0 saturated heterocycles. The monoisotopic (exact) mass is 292 g/mol. The highest BCUT2D eigenvalue weighted by Crippen LogP contribution is 2.19. The second kappa shape index (κ2) is 8.10. The van der Waals surface area contributed by atoms with Gasteiger partial charge in [-0.2, -0.15) is 0 Å². The maximum absolute atomic E-state index is 5.62. The molecule has 0 atom stereocenters. The van der Waals surface area contributed by atoms with Crippen LogP contribution in [0.15, 0.2) is 24.3 Å². The van der Waals surface area contributed by atoms with Gasteiger partial charge in [-0.3, -0.25) is 0 Å². The Morgan fingerprint density at radius 2 is 2.10 bits per heavy atom. The molecule has 0 amide bonds. The molecule has 1 aliphatic carbocycles. The van der Waals surface area contributed by atoms with Crippen molar-refractivity contribution in [2.45, 2.75) is 51.5 Å². The van der Waals surface area contributed by atoms with E-state index in [-0.39, 0.29) is 0 Å². The lowest BCUT2D eigenvalue weighted by Gasteiger charge is -2.24. The van der Waals surface area contributed by atoms with Gasteiger partial charge in [0.05, 0.1) is 6.61 Å². The third-order valence-corrected chi connectivity index (χ3v) is 3.73. The standard InChI is InChI=1S/C16H24N2OS/c1-2-11-19-15-10-6-9-14(12-15)18-16(20)17-13-7-4-3-5-8-13/h6,9-10,12-13H,2-5,7-8,11H2,1H3,(H2,17,18,20). The first-order valence-corrected chi connectivity index (χ1v) is 7.99. The normalized spacial score (nSPS) is 15.7. The first-order chi connectivity index (χ1) is 9.78. The lowest BCUT2D eigenvalue weighted by molar-refractivity contribution is 0.317. The summed E-state index contributed by atoms with van der Waals surface area (Å²) >= 11 is 5.38. The van der Waals surface area contributed by atoms with Crippen LogP contribution in [0.4, 0.5) is 5.69 Å². The van der Waals surface area contributed by atoms with Crippen LogP contribution in [0.2, 0.25) is 0 Å². The minimum Gasteiger partial charge on any atom is -0.494 e. The molecular formula is C16H24N2OS. The zero-order chi connectivity index (χ0) is 14.2. The van der Waals surface area contributed by atoms with Crippen LogP contribution < -0.4 is 15.4 Å². The van der Waals surface area contributed by atoms with Crippen molar-refractivity contribution >= 4 is 23.0 Å². The fraction of sp³-hybridized carbons (Fsp3) is 0.562. The Morgan fingerprint density at radius 1 is 1.30 bits per heavy atom. The van der Waals surface area contributed by atoms with Gasteiger partial charge in [0.1, 0.15) is 5.75 Å². The van der Waals surface area contributed by atoms with Crippen molar-refractivity contribution in [3.63, 3.8) is 0 Å². The Labute approximate surface area is 127 Å². The molecule has 0 heterocycles. The highest BCUT2D eigenvalue weighted by atomic mass is 32.1. The molecule has 0 unspecified atom stereocenters. The summed E-state index contributed by atoms with van der Waals surface area (Å²) in [5.41, 5.74) is 0.979. The van der Waals surface area contributed by atoms with Crippen LogP contribution in [0, 0.1) is 0 Å². The van der Waals surface area contributed by atoms with Crippen molar-refractivity contribution in [2.75, 3.05) is 11.9 Å². The van der Waals surface area contributed by atoms with Gasteiger partial charge in [-0.1, -0.05) is 32.3 Å². The van der Waals surface area contributed by atoms with Crippen LogP contribution in [0.25, 0.3) is 0 Å². The molecule has 1 aromatic carbocycles. The number of hydrogen-bond acceptors (Lipinski definition) is 2. The summed E-state index contributed by atoms with van der Waals surface area (Å²) in [7, 11) is 0. The Bertz CT molecular complexity index is 430. The third kappa shape index (κ3) is 5.00. The van der Waals surface area contributed by atoms with Gasteiger partial charge >= 0.3 is 0 Å². The molecule has 1 aromatic rings. The summed E-state index contributed by atoms with van der Waals surface area (Å²) in [6, 6.07) is 8.48. The van der Waals surface area contributed by atoms with Crippen LogP contribution in [0.3, 0.4) is 0 Å². The summed E-state index contributed by atoms with van der Waals surface area (Å²) in [4.78, 5) is 0. The van der Waals surface area contributed by atoms with E-state index in [1.807, 2.05) is 24.3 Å². The molecule has 0 aliphatic heterocycles. The van der Waals surface area contributed by atoms with E-state index >= 15 is 0 Å². The highest BCUT2D eigenvalue weighted by Gasteiger charge is 2.13. The fourth-order valence-corrected chi connectivity index (χ4v) is 2.77. The van der Waals surface area contributed by atoms with Crippen molar-refractivity contribution in [2.24, 2.45) is 0 Å². The molecule has 1 aliphatic rings. The van der Waals surface area contributed by atoms with Gasteiger partial charge in [-0.15, -0.1) is 0 Å². The second-order valence-electron chi connectivity index (χ2n) is 5.31. The number of benzene rings is 1. The minimum absolute atomic E-state index is 0.531. The van der Waals surface area contributed by atoms with Gasteiger partial charge in [-0.05, 0) is 43.6 Å². The van der Waals surface area contributed by atoms with Crippen molar-refractivity contribution in [1.82, 2.24) is 5.32 Å². The van der Waals surface area contributed by atoms with E-state index in [0.29, 0.717) is 11.2 Å². The molecule has 20 heavy (non-hydrogen) atoms. The van der Waals surface area contributed by atoms with E-state index in [0.717, 1.165) is 24.5 Å². The average Bonchev–Trinajstić information content (AvgIpc) is 2.46. The van der Waals surface area contributed by atoms with Crippen molar-refractivity contribution < 1.29 is 4.74 Å². The first kappa shape index (κ1) is 15.1. The molecule has 0 aromatic heterocycles. The largest absolute Gasteiger partial charge is 0.494 e. The lowest BCUT2D eigenvalue weighted by atomic mass is 9.96. The van der Waals surface area contributed by atoms with Crippen LogP contribution in [0.1, 0.15) is 45.4 Å².